The van der Waals surface area contributed by atoms with Crippen molar-refractivity contribution in [3.63, 3.8) is 0 Å². The Hall–Kier alpha value is -3.20. The highest BCUT2D eigenvalue weighted by Gasteiger charge is 2.22. The Balaban J connectivity index is 1.38. The minimum absolute atomic E-state index is 0.0363. The van der Waals surface area contributed by atoms with Gasteiger partial charge in [0, 0.05) is 34.2 Å². The number of aryl methyl sites for hydroxylation is 1. The van der Waals surface area contributed by atoms with E-state index in [2.05, 4.69) is 9.88 Å². The molecule has 1 aliphatic carbocycles. The number of nitrogens with zero attached hydrogens (tertiary/aromatic N) is 2. The predicted octanol–water partition coefficient (Wildman–Crippen LogP) is 8.38. The Morgan fingerprint density at radius 2 is 1.77 bits per heavy atom. The number of benzene rings is 2. The molecule has 2 heterocycles. The van der Waals surface area contributed by atoms with Gasteiger partial charge in [-0.05, 0) is 74.1 Å². The van der Waals surface area contributed by atoms with Crippen LogP contribution in [0.25, 0.3) is 11.4 Å². The second kappa shape index (κ2) is 14.5. The Morgan fingerprint density at radius 1 is 1.02 bits per heavy atom. The second-order valence-electron chi connectivity index (χ2n) is 10.9. The fraction of sp³-hybridized carbons (Fsp3) is 0.394. The Bertz CT molecular complexity index is 1540. The lowest BCUT2D eigenvalue weighted by molar-refractivity contribution is 0.0943. The fourth-order valence-corrected chi connectivity index (χ4v) is 6.83. The summed E-state index contributed by atoms with van der Waals surface area (Å²) in [6, 6.07) is 13.0. The van der Waals surface area contributed by atoms with Crippen molar-refractivity contribution in [3.8, 4) is 28.6 Å². The minimum Gasteiger partial charge on any atom is -0.493 e. The lowest BCUT2D eigenvalue weighted by Crippen LogP contribution is -2.30. The number of aromatic nitrogens is 2. The molecule has 5 rings (SSSR count). The van der Waals surface area contributed by atoms with Gasteiger partial charge in [0.05, 0.1) is 31.2 Å². The summed E-state index contributed by atoms with van der Waals surface area (Å²) < 4.78 is 19.0. The van der Waals surface area contributed by atoms with Crippen molar-refractivity contribution in [2.45, 2.75) is 58.6 Å². The summed E-state index contributed by atoms with van der Waals surface area (Å²) in [5.41, 5.74) is 4.39. The summed E-state index contributed by atoms with van der Waals surface area (Å²) in [6.45, 7) is 3.67. The van der Waals surface area contributed by atoms with Crippen molar-refractivity contribution in [2.24, 2.45) is 5.92 Å². The first-order valence-corrected chi connectivity index (χ1v) is 16.2. The van der Waals surface area contributed by atoms with Crippen molar-refractivity contribution in [2.75, 3.05) is 20.8 Å². The van der Waals surface area contributed by atoms with Gasteiger partial charge in [0.2, 0.25) is 0 Å². The number of hydrogen-bond donors (Lipinski definition) is 1. The molecule has 10 heteroatoms. The number of rotatable bonds is 12. The van der Waals surface area contributed by atoms with Crippen molar-refractivity contribution >= 4 is 40.4 Å². The smallest absolute Gasteiger partial charge is 0.253 e. The van der Waals surface area contributed by atoms with Crippen LogP contribution in [-0.2, 0) is 19.6 Å². The maximum absolute atomic E-state index is 13.4. The summed E-state index contributed by atoms with van der Waals surface area (Å²) in [4.78, 5) is 18.3. The standard InChI is InChI=1S/C33H37Cl2N3O4S/c1-21-27(33(39)36-18-23-7-5-4-6-8-23)17-29(38(21)12-11-22-9-10-30(40-2)31(13-22)41-3)28-20-43-32(37-28)19-42-26-15-24(34)14-25(35)16-26/h9-10,13-17,20,23H,4-8,11-12,18-19H2,1-3H3,(H,36,39). The van der Waals surface area contributed by atoms with Gasteiger partial charge in [-0.25, -0.2) is 4.98 Å². The lowest BCUT2D eigenvalue weighted by atomic mass is 9.89. The number of methoxy groups -OCH3 is 2. The van der Waals surface area contributed by atoms with Crippen molar-refractivity contribution in [3.05, 3.63) is 79.7 Å². The van der Waals surface area contributed by atoms with Crippen molar-refractivity contribution in [1.82, 2.24) is 14.9 Å². The monoisotopic (exact) mass is 641 g/mol. The normalized spacial score (nSPS) is 13.6. The molecule has 0 radical (unpaired) electrons. The van der Waals surface area contributed by atoms with Crippen LogP contribution >= 0.6 is 34.5 Å². The van der Waals surface area contributed by atoms with Gasteiger partial charge in [-0.2, -0.15) is 0 Å². The molecule has 0 atom stereocenters. The van der Waals surface area contributed by atoms with Crippen molar-refractivity contribution in [1.29, 1.82) is 0 Å². The highest BCUT2D eigenvalue weighted by atomic mass is 35.5. The van der Waals surface area contributed by atoms with Crippen LogP contribution in [-0.4, -0.2) is 36.2 Å². The highest BCUT2D eigenvalue weighted by molar-refractivity contribution is 7.09. The molecule has 1 fully saturated rings. The molecule has 0 aliphatic heterocycles. The molecule has 0 unspecified atom stereocenters. The molecule has 2 aromatic carbocycles. The van der Waals surface area contributed by atoms with E-state index in [4.69, 9.17) is 42.4 Å². The Morgan fingerprint density at radius 3 is 2.49 bits per heavy atom. The molecule has 1 amide bonds. The molecule has 1 N–H and O–H groups in total. The number of carbonyl (C=O) groups excluding carboxylic acids is 1. The van der Waals surface area contributed by atoms with E-state index in [0.29, 0.717) is 45.3 Å². The van der Waals surface area contributed by atoms with Crippen LogP contribution in [0.3, 0.4) is 0 Å². The van der Waals surface area contributed by atoms with Crippen LogP contribution in [0.4, 0.5) is 0 Å². The van der Waals surface area contributed by atoms with E-state index in [-0.39, 0.29) is 12.5 Å². The molecular weight excluding hydrogens is 605 g/mol. The molecule has 2 aromatic heterocycles. The van der Waals surface area contributed by atoms with Gasteiger partial charge in [0.25, 0.3) is 5.91 Å². The molecule has 1 aliphatic rings. The zero-order chi connectivity index (χ0) is 30.3. The third-order valence-corrected chi connectivity index (χ3v) is 9.23. The Kier molecular flexibility index (Phi) is 10.5. The summed E-state index contributed by atoms with van der Waals surface area (Å²) in [5.74, 6) is 2.49. The van der Waals surface area contributed by atoms with E-state index in [0.717, 1.165) is 40.6 Å². The van der Waals surface area contributed by atoms with Gasteiger partial charge in [-0.1, -0.05) is 48.5 Å². The van der Waals surface area contributed by atoms with Crippen molar-refractivity contribution < 1.29 is 19.0 Å². The van der Waals surface area contributed by atoms with Gasteiger partial charge in [-0.15, -0.1) is 11.3 Å². The van der Waals surface area contributed by atoms with Gasteiger partial charge >= 0.3 is 0 Å². The van der Waals surface area contributed by atoms with Crippen LogP contribution < -0.4 is 19.5 Å². The Labute approximate surface area is 267 Å². The number of thiazole rings is 1. The second-order valence-corrected chi connectivity index (χ2v) is 12.7. The quantitative estimate of drug-likeness (QED) is 0.168. The largest absolute Gasteiger partial charge is 0.493 e. The van der Waals surface area contributed by atoms with E-state index < -0.39 is 0 Å². The molecule has 0 saturated heterocycles. The molecule has 43 heavy (non-hydrogen) atoms. The van der Waals surface area contributed by atoms with Crippen LogP contribution in [0.5, 0.6) is 17.2 Å². The van der Waals surface area contributed by atoms with E-state index in [9.17, 15) is 4.79 Å². The molecular formula is C33H37Cl2N3O4S. The first-order chi connectivity index (χ1) is 20.8. The first kappa shape index (κ1) is 31.2. The van der Waals surface area contributed by atoms with Crippen LogP contribution in [0.1, 0.15) is 58.7 Å². The molecule has 1 saturated carbocycles. The number of hydrogen-bond acceptors (Lipinski definition) is 6. The topological polar surface area (TPSA) is 74.6 Å². The molecule has 228 valence electrons. The third-order valence-electron chi connectivity index (χ3n) is 7.97. The van der Waals surface area contributed by atoms with Gasteiger partial charge in [0.15, 0.2) is 11.5 Å². The SMILES string of the molecule is COc1ccc(CCn2c(-c3csc(COc4cc(Cl)cc(Cl)c4)n3)cc(C(=O)NCC3CCCCC3)c2C)cc1OC. The maximum atomic E-state index is 13.4. The molecule has 4 aromatic rings. The van der Waals surface area contributed by atoms with Gasteiger partial charge < -0.3 is 24.1 Å². The number of ether oxygens (including phenoxy) is 3. The van der Waals surface area contributed by atoms with Gasteiger partial charge in [0.1, 0.15) is 17.4 Å². The summed E-state index contributed by atoms with van der Waals surface area (Å²) in [5, 5.41) is 7.05. The zero-order valence-corrected chi connectivity index (χ0v) is 27.1. The van der Waals surface area contributed by atoms with Crippen LogP contribution in [0, 0.1) is 12.8 Å². The number of nitrogens with one attached hydrogen (secondary N) is 1. The van der Waals surface area contributed by atoms with Crippen LogP contribution in [0.15, 0.2) is 47.8 Å². The highest BCUT2D eigenvalue weighted by Crippen LogP contribution is 2.31. The van der Waals surface area contributed by atoms with E-state index in [1.165, 1.54) is 43.4 Å². The molecule has 0 spiro atoms. The van der Waals surface area contributed by atoms with Crippen LogP contribution in [0.2, 0.25) is 10.0 Å². The summed E-state index contributed by atoms with van der Waals surface area (Å²) in [6.07, 6.45) is 6.89. The maximum Gasteiger partial charge on any atom is 0.253 e. The average Bonchev–Trinajstić information content (AvgIpc) is 3.61. The lowest BCUT2D eigenvalue weighted by Gasteiger charge is -2.21. The predicted molar refractivity (Wildman–Crippen MR) is 173 cm³/mol. The third kappa shape index (κ3) is 7.85. The number of amides is 1. The first-order valence-electron chi connectivity index (χ1n) is 14.6. The average molecular weight is 643 g/mol. The fourth-order valence-electron chi connectivity index (χ4n) is 5.63. The minimum atomic E-state index is -0.0363. The molecule has 7 nitrogen and oxygen atoms in total. The number of halogens is 2. The zero-order valence-electron chi connectivity index (χ0n) is 24.8. The van der Waals surface area contributed by atoms with Gasteiger partial charge in [-0.3, -0.25) is 4.79 Å². The number of carbonyl (C=O) groups is 1. The van der Waals surface area contributed by atoms with E-state index in [1.807, 2.05) is 36.6 Å². The van der Waals surface area contributed by atoms with E-state index in [1.54, 1.807) is 32.4 Å². The molecule has 0 bridgehead atoms. The summed E-state index contributed by atoms with van der Waals surface area (Å²) in [7, 11) is 3.27. The summed E-state index contributed by atoms with van der Waals surface area (Å²) >= 11 is 13.8. The van der Waals surface area contributed by atoms with E-state index >= 15 is 0 Å².